The Balaban J connectivity index is 2.56. The van der Waals surface area contributed by atoms with Crippen LogP contribution in [0.4, 0.5) is 0 Å². The summed E-state index contributed by atoms with van der Waals surface area (Å²) in [6.07, 6.45) is 5.02. The standard InChI is InChI=1S/C17H27NO/c1-4-6-12-18(13-7-5-2)17(19)14-16-10-8-15(3)9-11-16/h8-11H,4-7,12-14H2,1-3H3. The van der Waals surface area contributed by atoms with Crippen LogP contribution in [0.3, 0.4) is 0 Å². The van der Waals surface area contributed by atoms with Gasteiger partial charge in [0.1, 0.15) is 0 Å². The Morgan fingerprint density at radius 3 is 2.00 bits per heavy atom. The lowest BCUT2D eigenvalue weighted by atomic mass is 10.1. The molecule has 2 nitrogen and oxygen atoms in total. The number of rotatable bonds is 8. The van der Waals surface area contributed by atoms with Crippen molar-refractivity contribution in [1.29, 1.82) is 0 Å². The van der Waals surface area contributed by atoms with Crippen molar-refractivity contribution in [3.63, 3.8) is 0 Å². The molecular formula is C17H27NO. The van der Waals surface area contributed by atoms with Crippen molar-refractivity contribution in [1.82, 2.24) is 4.90 Å². The number of benzene rings is 1. The van der Waals surface area contributed by atoms with Gasteiger partial charge in [0.05, 0.1) is 6.42 Å². The minimum absolute atomic E-state index is 0.269. The summed E-state index contributed by atoms with van der Waals surface area (Å²) in [4.78, 5) is 14.4. The molecule has 0 aliphatic heterocycles. The van der Waals surface area contributed by atoms with Crippen LogP contribution in [0.2, 0.25) is 0 Å². The summed E-state index contributed by atoms with van der Waals surface area (Å²) in [7, 11) is 0. The quantitative estimate of drug-likeness (QED) is 0.693. The second-order valence-electron chi connectivity index (χ2n) is 5.25. The normalized spacial score (nSPS) is 10.5. The van der Waals surface area contributed by atoms with Gasteiger partial charge in [0, 0.05) is 13.1 Å². The van der Waals surface area contributed by atoms with E-state index in [9.17, 15) is 4.79 Å². The van der Waals surface area contributed by atoms with Gasteiger partial charge in [-0.15, -0.1) is 0 Å². The SMILES string of the molecule is CCCCN(CCCC)C(=O)Cc1ccc(C)cc1. The zero-order valence-corrected chi connectivity index (χ0v) is 12.6. The lowest BCUT2D eigenvalue weighted by molar-refractivity contribution is -0.130. The molecule has 0 fully saturated rings. The van der Waals surface area contributed by atoms with Crippen LogP contribution in [0.1, 0.15) is 50.7 Å². The molecule has 0 saturated carbocycles. The minimum Gasteiger partial charge on any atom is -0.342 e. The average molecular weight is 261 g/mol. The van der Waals surface area contributed by atoms with Crippen LogP contribution in [-0.4, -0.2) is 23.9 Å². The van der Waals surface area contributed by atoms with E-state index in [1.165, 1.54) is 5.56 Å². The first-order chi connectivity index (χ1) is 9.17. The van der Waals surface area contributed by atoms with Gasteiger partial charge in [-0.2, -0.15) is 0 Å². The van der Waals surface area contributed by atoms with E-state index in [1.807, 2.05) is 4.90 Å². The molecule has 1 aromatic rings. The maximum absolute atomic E-state index is 12.3. The highest BCUT2D eigenvalue weighted by molar-refractivity contribution is 5.78. The van der Waals surface area contributed by atoms with Crippen molar-refractivity contribution in [3.8, 4) is 0 Å². The highest BCUT2D eigenvalue weighted by Gasteiger charge is 2.12. The third-order valence-corrected chi connectivity index (χ3v) is 3.39. The largest absolute Gasteiger partial charge is 0.342 e. The van der Waals surface area contributed by atoms with Crippen LogP contribution in [0.5, 0.6) is 0 Å². The summed E-state index contributed by atoms with van der Waals surface area (Å²) < 4.78 is 0. The monoisotopic (exact) mass is 261 g/mol. The van der Waals surface area contributed by atoms with Crippen molar-refractivity contribution in [2.24, 2.45) is 0 Å². The number of carbonyl (C=O) groups excluding carboxylic acids is 1. The molecule has 0 radical (unpaired) electrons. The third kappa shape index (κ3) is 5.91. The van der Waals surface area contributed by atoms with E-state index in [0.29, 0.717) is 6.42 Å². The second-order valence-corrected chi connectivity index (χ2v) is 5.25. The Hall–Kier alpha value is -1.31. The molecule has 1 amide bonds. The summed E-state index contributed by atoms with van der Waals surface area (Å²) in [5, 5.41) is 0. The molecule has 106 valence electrons. The number of aryl methyl sites for hydroxylation is 1. The molecule has 0 saturated heterocycles. The Morgan fingerprint density at radius 2 is 1.53 bits per heavy atom. The maximum Gasteiger partial charge on any atom is 0.226 e. The van der Waals surface area contributed by atoms with Gasteiger partial charge in [-0.3, -0.25) is 4.79 Å². The van der Waals surface area contributed by atoms with Crippen LogP contribution in [-0.2, 0) is 11.2 Å². The van der Waals surface area contributed by atoms with Crippen molar-refractivity contribution in [2.75, 3.05) is 13.1 Å². The van der Waals surface area contributed by atoms with Crippen molar-refractivity contribution < 1.29 is 4.79 Å². The molecule has 0 spiro atoms. The topological polar surface area (TPSA) is 20.3 Å². The van der Waals surface area contributed by atoms with Gasteiger partial charge in [0.15, 0.2) is 0 Å². The maximum atomic E-state index is 12.3. The van der Waals surface area contributed by atoms with E-state index in [2.05, 4.69) is 45.0 Å². The molecule has 19 heavy (non-hydrogen) atoms. The van der Waals surface area contributed by atoms with Crippen LogP contribution in [0.25, 0.3) is 0 Å². The van der Waals surface area contributed by atoms with Crippen LogP contribution < -0.4 is 0 Å². The molecule has 1 rings (SSSR count). The van der Waals surface area contributed by atoms with Gasteiger partial charge in [0.25, 0.3) is 0 Å². The van der Waals surface area contributed by atoms with Gasteiger partial charge in [-0.1, -0.05) is 56.5 Å². The van der Waals surface area contributed by atoms with Crippen LogP contribution in [0, 0.1) is 6.92 Å². The Bertz CT molecular complexity index is 361. The fraction of sp³-hybridized carbons (Fsp3) is 0.588. The molecule has 0 N–H and O–H groups in total. The van der Waals surface area contributed by atoms with Gasteiger partial charge in [0.2, 0.25) is 5.91 Å². The Morgan fingerprint density at radius 1 is 1.00 bits per heavy atom. The first-order valence-electron chi connectivity index (χ1n) is 7.50. The number of nitrogens with zero attached hydrogens (tertiary/aromatic N) is 1. The summed E-state index contributed by atoms with van der Waals surface area (Å²) in [5.74, 6) is 0.269. The molecule has 0 unspecified atom stereocenters. The number of hydrogen-bond donors (Lipinski definition) is 0. The number of unbranched alkanes of at least 4 members (excludes halogenated alkanes) is 2. The van der Waals surface area contributed by atoms with Crippen LogP contribution >= 0.6 is 0 Å². The second kappa shape index (κ2) is 8.73. The number of amides is 1. The zero-order valence-electron chi connectivity index (χ0n) is 12.6. The molecule has 0 heterocycles. The van der Waals surface area contributed by atoms with Gasteiger partial charge in [-0.25, -0.2) is 0 Å². The zero-order chi connectivity index (χ0) is 14.1. The van der Waals surface area contributed by atoms with E-state index in [1.54, 1.807) is 0 Å². The molecule has 2 heteroatoms. The Kier molecular flexibility index (Phi) is 7.24. The highest BCUT2D eigenvalue weighted by Crippen LogP contribution is 2.08. The van der Waals surface area contributed by atoms with Crippen molar-refractivity contribution in [3.05, 3.63) is 35.4 Å². The molecule has 0 atom stereocenters. The fourth-order valence-electron chi connectivity index (χ4n) is 2.05. The predicted octanol–water partition coefficient (Wildman–Crippen LogP) is 3.97. The minimum atomic E-state index is 0.269. The van der Waals surface area contributed by atoms with E-state index in [-0.39, 0.29) is 5.91 Å². The predicted molar refractivity (Wildman–Crippen MR) is 81.3 cm³/mol. The van der Waals surface area contributed by atoms with E-state index < -0.39 is 0 Å². The van der Waals surface area contributed by atoms with Crippen LogP contribution in [0.15, 0.2) is 24.3 Å². The number of carbonyl (C=O) groups is 1. The molecule has 0 aliphatic carbocycles. The smallest absolute Gasteiger partial charge is 0.226 e. The first-order valence-corrected chi connectivity index (χ1v) is 7.50. The lowest BCUT2D eigenvalue weighted by Crippen LogP contribution is -2.34. The first kappa shape index (κ1) is 15.7. The molecule has 0 aromatic heterocycles. The van der Waals surface area contributed by atoms with Gasteiger partial charge in [-0.05, 0) is 25.3 Å². The average Bonchev–Trinajstić information content (AvgIpc) is 2.41. The van der Waals surface area contributed by atoms with E-state index >= 15 is 0 Å². The molecule has 1 aromatic carbocycles. The third-order valence-electron chi connectivity index (χ3n) is 3.39. The van der Waals surface area contributed by atoms with Crippen molar-refractivity contribution >= 4 is 5.91 Å². The molecule has 0 bridgehead atoms. The molecule has 0 aliphatic rings. The Labute approximate surface area is 117 Å². The van der Waals surface area contributed by atoms with E-state index in [0.717, 1.165) is 44.3 Å². The van der Waals surface area contributed by atoms with E-state index in [4.69, 9.17) is 0 Å². The van der Waals surface area contributed by atoms with Crippen molar-refractivity contribution in [2.45, 2.75) is 52.9 Å². The van der Waals surface area contributed by atoms with Gasteiger partial charge >= 0.3 is 0 Å². The van der Waals surface area contributed by atoms with Gasteiger partial charge < -0.3 is 4.90 Å². The summed E-state index contributed by atoms with van der Waals surface area (Å²) in [6, 6.07) is 8.27. The fourth-order valence-corrected chi connectivity index (χ4v) is 2.05. The highest BCUT2D eigenvalue weighted by atomic mass is 16.2. The molecular weight excluding hydrogens is 234 g/mol. The number of hydrogen-bond acceptors (Lipinski definition) is 1. The summed E-state index contributed by atoms with van der Waals surface area (Å²) in [5.41, 5.74) is 2.36. The lowest BCUT2D eigenvalue weighted by Gasteiger charge is -2.22. The summed E-state index contributed by atoms with van der Waals surface area (Å²) in [6.45, 7) is 8.22. The summed E-state index contributed by atoms with van der Waals surface area (Å²) >= 11 is 0.